The number of furan rings is 1. The van der Waals surface area contributed by atoms with Crippen LogP contribution in [0.25, 0.3) is 11.5 Å². The lowest BCUT2D eigenvalue weighted by molar-refractivity contribution is 0.0984. The molecule has 0 aliphatic rings. The van der Waals surface area contributed by atoms with Gasteiger partial charge in [0.15, 0.2) is 11.5 Å². The molecule has 22 heavy (non-hydrogen) atoms. The van der Waals surface area contributed by atoms with Gasteiger partial charge in [-0.1, -0.05) is 22.8 Å². The van der Waals surface area contributed by atoms with Crippen molar-refractivity contribution in [1.82, 2.24) is 5.16 Å². The van der Waals surface area contributed by atoms with E-state index in [4.69, 9.17) is 20.5 Å². The van der Waals surface area contributed by atoms with Gasteiger partial charge in [0.05, 0.1) is 6.26 Å². The second kappa shape index (κ2) is 5.69. The van der Waals surface area contributed by atoms with Crippen LogP contribution in [0, 0.1) is 6.92 Å². The van der Waals surface area contributed by atoms with Gasteiger partial charge in [0, 0.05) is 23.8 Å². The summed E-state index contributed by atoms with van der Waals surface area (Å²) in [6.07, 6.45) is 1.53. The molecule has 0 fully saturated rings. The number of carbonyl (C=O) groups is 1. The number of halogens is 1. The summed E-state index contributed by atoms with van der Waals surface area (Å²) in [6, 6.07) is 10.4. The number of aryl methyl sites for hydroxylation is 1. The van der Waals surface area contributed by atoms with E-state index in [2.05, 4.69) is 5.16 Å². The largest absolute Gasteiger partial charge is 0.461 e. The average molecular weight is 317 g/mol. The number of anilines is 1. The summed E-state index contributed by atoms with van der Waals surface area (Å²) in [4.78, 5) is 13.9. The van der Waals surface area contributed by atoms with Gasteiger partial charge in [-0.2, -0.15) is 0 Å². The first-order valence-electron chi connectivity index (χ1n) is 6.61. The molecule has 1 amide bonds. The molecule has 0 aliphatic carbocycles. The maximum atomic E-state index is 12.5. The molecule has 2 aromatic heterocycles. The molecule has 1 aromatic carbocycles. The zero-order valence-electron chi connectivity index (χ0n) is 12.0. The van der Waals surface area contributed by atoms with E-state index in [0.29, 0.717) is 22.2 Å². The molecule has 2 heterocycles. The maximum absolute atomic E-state index is 12.5. The monoisotopic (exact) mass is 316 g/mol. The van der Waals surface area contributed by atoms with Crippen LogP contribution >= 0.6 is 11.6 Å². The summed E-state index contributed by atoms with van der Waals surface area (Å²) in [5, 5.41) is 4.40. The third kappa shape index (κ3) is 2.63. The summed E-state index contributed by atoms with van der Waals surface area (Å²) in [5.74, 6) is 0.637. The zero-order valence-corrected chi connectivity index (χ0v) is 12.8. The fraction of sp³-hybridized carbons (Fsp3) is 0.125. The van der Waals surface area contributed by atoms with Gasteiger partial charge >= 0.3 is 0 Å². The summed E-state index contributed by atoms with van der Waals surface area (Å²) < 4.78 is 10.4. The highest BCUT2D eigenvalue weighted by Crippen LogP contribution is 2.25. The standard InChI is InChI=1S/C16H13ClN2O3/c1-10-5-6-11(8-12(10)17)19(2)16(20)13-9-15(22-18-13)14-4-3-7-21-14/h3-9H,1-2H3. The van der Waals surface area contributed by atoms with Gasteiger partial charge in [-0.15, -0.1) is 0 Å². The molecule has 0 radical (unpaired) electrons. The zero-order chi connectivity index (χ0) is 15.7. The van der Waals surface area contributed by atoms with Crippen molar-refractivity contribution in [3.63, 3.8) is 0 Å². The van der Waals surface area contributed by atoms with Crippen LogP contribution in [-0.2, 0) is 0 Å². The highest BCUT2D eigenvalue weighted by Gasteiger charge is 2.20. The van der Waals surface area contributed by atoms with Crippen LogP contribution in [0.4, 0.5) is 5.69 Å². The lowest BCUT2D eigenvalue weighted by atomic mass is 10.2. The van der Waals surface area contributed by atoms with Crippen molar-refractivity contribution < 1.29 is 13.7 Å². The van der Waals surface area contributed by atoms with Crippen molar-refractivity contribution in [2.45, 2.75) is 6.92 Å². The Bertz CT molecular complexity index is 809. The Labute approximate surface area is 132 Å². The van der Waals surface area contributed by atoms with Crippen molar-refractivity contribution in [3.05, 3.63) is 58.9 Å². The third-order valence-electron chi connectivity index (χ3n) is 3.34. The average Bonchev–Trinajstić information content (AvgIpc) is 3.19. The van der Waals surface area contributed by atoms with Crippen LogP contribution in [0.3, 0.4) is 0 Å². The molecule has 0 spiro atoms. The van der Waals surface area contributed by atoms with Crippen LogP contribution in [0.15, 0.2) is 51.6 Å². The molecule has 0 aliphatic heterocycles. The Morgan fingerprint density at radius 1 is 1.23 bits per heavy atom. The Balaban J connectivity index is 1.85. The number of benzene rings is 1. The molecule has 0 atom stereocenters. The summed E-state index contributed by atoms with van der Waals surface area (Å²) >= 11 is 6.10. The first-order valence-corrected chi connectivity index (χ1v) is 6.99. The third-order valence-corrected chi connectivity index (χ3v) is 3.75. The fourth-order valence-corrected chi connectivity index (χ4v) is 2.17. The predicted octanol–water partition coefficient (Wildman–Crippen LogP) is 4.17. The van der Waals surface area contributed by atoms with E-state index in [1.54, 1.807) is 31.3 Å². The molecular weight excluding hydrogens is 304 g/mol. The van der Waals surface area contributed by atoms with E-state index in [1.165, 1.54) is 11.2 Å². The second-order valence-electron chi connectivity index (χ2n) is 4.85. The number of carbonyl (C=O) groups excluding carboxylic acids is 1. The van der Waals surface area contributed by atoms with Crippen molar-refractivity contribution >= 4 is 23.2 Å². The van der Waals surface area contributed by atoms with E-state index in [0.717, 1.165) is 5.56 Å². The van der Waals surface area contributed by atoms with Gasteiger partial charge in [0.2, 0.25) is 5.76 Å². The van der Waals surface area contributed by atoms with Gasteiger partial charge in [0.1, 0.15) is 0 Å². The van der Waals surface area contributed by atoms with Crippen LogP contribution in [0.2, 0.25) is 5.02 Å². The number of amides is 1. The number of aromatic nitrogens is 1. The highest BCUT2D eigenvalue weighted by molar-refractivity contribution is 6.31. The number of hydrogen-bond acceptors (Lipinski definition) is 4. The maximum Gasteiger partial charge on any atom is 0.280 e. The lowest BCUT2D eigenvalue weighted by Crippen LogP contribution is -2.26. The minimum atomic E-state index is -0.290. The van der Waals surface area contributed by atoms with Crippen LogP contribution in [0.5, 0.6) is 0 Å². The van der Waals surface area contributed by atoms with E-state index >= 15 is 0 Å². The van der Waals surface area contributed by atoms with Crippen molar-refractivity contribution in [1.29, 1.82) is 0 Å². The van der Waals surface area contributed by atoms with Gasteiger partial charge in [-0.3, -0.25) is 4.79 Å². The number of hydrogen-bond donors (Lipinski definition) is 0. The molecule has 112 valence electrons. The van der Waals surface area contributed by atoms with E-state index in [9.17, 15) is 4.79 Å². The molecule has 3 rings (SSSR count). The molecule has 0 saturated carbocycles. The molecule has 0 N–H and O–H groups in total. The molecule has 0 unspecified atom stereocenters. The van der Waals surface area contributed by atoms with E-state index < -0.39 is 0 Å². The first kappa shape index (κ1) is 14.4. The number of nitrogens with zero attached hydrogens (tertiary/aromatic N) is 2. The minimum Gasteiger partial charge on any atom is -0.461 e. The molecular formula is C16H13ClN2O3. The Morgan fingerprint density at radius 3 is 2.73 bits per heavy atom. The van der Waals surface area contributed by atoms with Gasteiger partial charge < -0.3 is 13.8 Å². The summed E-state index contributed by atoms with van der Waals surface area (Å²) in [7, 11) is 1.66. The smallest absolute Gasteiger partial charge is 0.280 e. The normalized spacial score (nSPS) is 10.7. The Morgan fingerprint density at radius 2 is 2.05 bits per heavy atom. The van der Waals surface area contributed by atoms with Gasteiger partial charge in [0.25, 0.3) is 5.91 Å². The summed E-state index contributed by atoms with van der Waals surface area (Å²) in [5.41, 5.74) is 1.83. The summed E-state index contributed by atoms with van der Waals surface area (Å²) in [6.45, 7) is 1.90. The van der Waals surface area contributed by atoms with Crippen molar-refractivity contribution in [2.24, 2.45) is 0 Å². The van der Waals surface area contributed by atoms with Crippen molar-refractivity contribution in [2.75, 3.05) is 11.9 Å². The molecule has 5 nitrogen and oxygen atoms in total. The van der Waals surface area contributed by atoms with Gasteiger partial charge in [-0.25, -0.2) is 0 Å². The number of rotatable bonds is 3. The molecule has 3 aromatic rings. The fourth-order valence-electron chi connectivity index (χ4n) is 1.99. The SMILES string of the molecule is Cc1ccc(N(C)C(=O)c2cc(-c3ccco3)on2)cc1Cl. The van der Waals surface area contributed by atoms with Crippen LogP contribution < -0.4 is 4.90 Å². The highest BCUT2D eigenvalue weighted by atomic mass is 35.5. The van der Waals surface area contributed by atoms with Crippen LogP contribution in [0.1, 0.15) is 16.1 Å². The first-order chi connectivity index (χ1) is 10.6. The van der Waals surface area contributed by atoms with Crippen molar-refractivity contribution in [3.8, 4) is 11.5 Å². The lowest BCUT2D eigenvalue weighted by Gasteiger charge is -2.16. The van der Waals surface area contributed by atoms with E-state index in [1.807, 2.05) is 19.1 Å². The second-order valence-corrected chi connectivity index (χ2v) is 5.26. The molecule has 0 bridgehead atoms. The van der Waals surface area contributed by atoms with Crippen LogP contribution in [-0.4, -0.2) is 18.1 Å². The minimum absolute atomic E-state index is 0.200. The quantitative estimate of drug-likeness (QED) is 0.727. The Hall–Kier alpha value is -2.53. The van der Waals surface area contributed by atoms with E-state index in [-0.39, 0.29) is 11.6 Å². The van der Waals surface area contributed by atoms with Gasteiger partial charge in [-0.05, 0) is 36.8 Å². The topological polar surface area (TPSA) is 59.5 Å². The predicted molar refractivity (Wildman–Crippen MR) is 83.1 cm³/mol. The Kier molecular flexibility index (Phi) is 3.73. The molecule has 6 heteroatoms. The molecule has 0 saturated heterocycles.